The maximum absolute atomic E-state index is 12.9. The molecule has 0 unspecified atom stereocenters. The molecule has 0 aliphatic carbocycles. The van der Waals surface area contributed by atoms with Crippen molar-refractivity contribution >= 4 is 33.7 Å². The molecule has 6 nitrogen and oxygen atoms in total. The summed E-state index contributed by atoms with van der Waals surface area (Å²) in [5.41, 5.74) is 2.88. The van der Waals surface area contributed by atoms with E-state index in [0.717, 1.165) is 15.6 Å². The molecule has 0 radical (unpaired) electrons. The van der Waals surface area contributed by atoms with Crippen molar-refractivity contribution in [3.63, 3.8) is 0 Å². The van der Waals surface area contributed by atoms with Crippen LogP contribution in [0.3, 0.4) is 0 Å². The van der Waals surface area contributed by atoms with Crippen molar-refractivity contribution in [2.75, 3.05) is 5.32 Å². The summed E-state index contributed by atoms with van der Waals surface area (Å²) in [4.78, 5) is 16.8. The Balaban J connectivity index is 1.30. The van der Waals surface area contributed by atoms with Crippen molar-refractivity contribution in [1.29, 1.82) is 0 Å². The number of amides is 1. The second-order valence-electron chi connectivity index (χ2n) is 7.39. The summed E-state index contributed by atoms with van der Waals surface area (Å²) in [6.07, 6.45) is 0.130. The second kappa shape index (κ2) is 9.97. The summed E-state index contributed by atoms with van der Waals surface area (Å²) in [5.74, 6) is 0.506. The van der Waals surface area contributed by atoms with E-state index in [0.29, 0.717) is 22.5 Å². The molecule has 4 rings (SSSR count). The average molecular weight is 469 g/mol. The Kier molecular flexibility index (Phi) is 6.87. The van der Waals surface area contributed by atoms with E-state index < -0.39 is 0 Å². The second-order valence-corrected chi connectivity index (χ2v) is 9.31. The number of nitrogens with zero attached hydrogens (tertiary/aromatic N) is 3. The molecule has 0 spiro atoms. The van der Waals surface area contributed by atoms with Gasteiger partial charge in [-0.25, -0.2) is 9.37 Å². The van der Waals surface area contributed by atoms with Crippen LogP contribution in [0.25, 0.3) is 10.6 Å². The number of benzene rings is 2. The third-order valence-corrected chi connectivity index (χ3v) is 6.37. The molecule has 0 saturated carbocycles. The van der Waals surface area contributed by atoms with E-state index >= 15 is 0 Å². The highest BCUT2D eigenvalue weighted by Gasteiger charge is 2.13. The fraction of sp³-hybridized carbons (Fsp3) is 0.217. The summed E-state index contributed by atoms with van der Waals surface area (Å²) in [5, 5.41) is 14.8. The third kappa shape index (κ3) is 5.74. The zero-order valence-corrected chi connectivity index (χ0v) is 19.2. The highest BCUT2D eigenvalue weighted by Crippen LogP contribution is 2.28. The molecule has 9 heteroatoms. The molecule has 0 bridgehead atoms. The molecule has 1 amide bonds. The lowest BCUT2D eigenvalue weighted by Gasteiger charge is -2.04. The zero-order chi connectivity index (χ0) is 22.5. The van der Waals surface area contributed by atoms with Gasteiger partial charge in [-0.1, -0.05) is 49.4 Å². The van der Waals surface area contributed by atoms with E-state index in [1.54, 1.807) is 12.1 Å². The van der Waals surface area contributed by atoms with Crippen molar-refractivity contribution in [1.82, 2.24) is 15.2 Å². The largest absolute Gasteiger partial charge is 0.486 e. The van der Waals surface area contributed by atoms with Gasteiger partial charge in [0.25, 0.3) is 0 Å². The number of anilines is 1. The van der Waals surface area contributed by atoms with E-state index in [2.05, 4.69) is 46.5 Å². The van der Waals surface area contributed by atoms with Gasteiger partial charge in [0.1, 0.15) is 28.2 Å². The SMILES string of the molecule is CC(C)c1ccc(-c2nnc(NC(=O)Cc3csc(COc4ccc(F)cc4)n3)s2)cc1. The molecule has 0 aliphatic heterocycles. The molecule has 0 atom stereocenters. The van der Waals surface area contributed by atoms with Gasteiger partial charge in [0.15, 0.2) is 0 Å². The van der Waals surface area contributed by atoms with Crippen LogP contribution in [0.1, 0.15) is 36.0 Å². The Morgan fingerprint density at radius 2 is 1.84 bits per heavy atom. The smallest absolute Gasteiger partial charge is 0.232 e. The fourth-order valence-electron chi connectivity index (χ4n) is 2.90. The number of hydrogen-bond donors (Lipinski definition) is 1. The molecule has 2 heterocycles. The predicted molar refractivity (Wildman–Crippen MR) is 125 cm³/mol. The minimum absolute atomic E-state index is 0.130. The van der Waals surface area contributed by atoms with Crippen LogP contribution in [0.4, 0.5) is 9.52 Å². The van der Waals surface area contributed by atoms with Crippen LogP contribution in [0, 0.1) is 5.82 Å². The van der Waals surface area contributed by atoms with Crippen molar-refractivity contribution < 1.29 is 13.9 Å². The first-order valence-electron chi connectivity index (χ1n) is 10.0. The number of rotatable bonds is 8. The van der Waals surface area contributed by atoms with Gasteiger partial charge >= 0.3 is 0 Å². The maximum atomic E-state index is 12.9. The molecule has 32 heavy (non-hydrogen) atoms. The summed E-state index contributed by atoms with van der Waals surface area (Å²) >= 11 is 2.74. The highest BCUT2D eigenvalue weighted by atomic mass is 32.1. The molecule has 4 aromatic rings. The summed E-state index contributed by atoms with van der Waals surface area (Å²) < 4.78 is 18.5. The van der Waals surface area contributed by atoms with Crippen molar-refractivity contribution in [2.24, 2.45) is 0 Å². The first-order chi connectivity index (χ1) is 15.5. The van der Waals surface area contributed by atoms with Crippen molar-refractivity contribution in [2.45, 2.75) is 32.8 Å². The molecule has 0 fully saturated rings. The minimum Gasteiger partial charge on any atom is -0.486 e. The molecule has 2 aromatic heterocycles. The third-order valence-electron chi connectivity index (χ3n) is 4.61. The van der Waals surface area contributed by atoms with Crippen LogP contribution in [-0.2, 0) is 17.8 Å². The normalized spacial score (nSPS) is 11.0. The topological polar surface area (TPSA) is 77.0 Å². The van der Waals surface area contributed by atoms with Gasteiger partial charge in [0.05, 0.1) is 12.1 Å². The summed E-state index contributed by atoms with van der Waals surface area (Å²) in [6.45, 7) is 4.56. The first-order valence-corrected chi connectivity index (χ1v) is 11.7. The lowest BCUT2D eigenvalue weighted by molar-refractivity contribution is -0.115. The van der Waals surface area contributed by atoms with Crippen molar-refractivity contribution in [3.8, 4) is 16.3 Å². The first kappa shape index (κ1) is 22.0. The Labute approximate surface area is 193 Å². The van der Waals surface area contributed by atoms with E-state index in [9.17, 15) is 9.18 Å². The zero-order valence-electron chi connectivity index (χ0n) is 17.5. The van der Waals surface area contributed by atoms with Crippen LogP contribution in [0.2, 0.25) is 0 Å². The Morgan fingerprint density at radius 3 is 2.56 bits per heavy atom. The monoisotopic (exact) mass is 468 g/mol. The summed E-state index contributed by atoms with van der Waals surface area (Å²) in [7, 11) is 0. The molecule has 0 saturated heterocycles. The number of aromatic nitrogens is 3. The van der Waals surface area contributed by atoms with Crippen molar-refractivity contribution in [3.05, 3.63) is 76.0 Å². The van der Waals surface area contributed by atoms with Gasteiger partial charge in [-0.3, -0.25) is 4.79 Å². The quantitative estimate of drug-likeness (QED) is 0.360. The predicted octanol–water partition coefficient (Wildman–Crippen LogP) is 5.68. The van der Waals surface area contributed by atoms with Crippen LogP contribution < -0.4 is 10.1 Å². The van der Waals surface area contributed by atoms with E-state index in [-0.39, 0.29) is 24.8 Å². The fourth-order valence-corrected chi connectivity index (χ4v) is 4.37. The number of nitrogens with one attached hydrogen (secondary N) is 1. The maximum Gasteiger partial charge on any atom is 0.232 e. The van der Waals surface area contributed by atoms with E-state index in [1.807, 2.05) is 17.5 Å². The van der Waals surface area contributed by atoms with Gasteiger partial charge in [-0.05, 0) is 35.7 Å². The number of hydrogen-bond acceptors (Lipinski definition) is 7. The highest BCUT2D eigenvalue weighted by molar-refractivity contribution is 7.18. The van der Waals surface area contributed by atoms with Crippen LogP contribution >= 0.6 is 22.7 Å². The molecular weight excluding hydrogens is 447 g/mol. The number of carbonyl (C=O) groups is 1. The van der Waals surface area contributed by atoms with E-state index in [1.165, 1.54) is 40.4 Å². The Morgan fingerprint density at radius 1 is 1.09 bits per heavy atom. The molecule has 0 aliphatic rings. The molecule has 164 valence electrons. The van der Waals surface area contributed by atoms with Crippen LogP contribution in [0.5, 0.6) is 5.75 Å². The number of thiazole rings is 1. The van der Waals surface area contributed by atoms with Gasteiger partial charge < -0.3 is 10.1 Å². The van der Waals surface area contributed by atoms with Crippen LogP contribution in [0.15, 0.2) is 53.9 Å². The standard InChI is InChI=1S/C23H21FN4O2S2/c1-14(2)15-3-5-16(6-4-15)22-27-28-23(32-22)26-20(29)11-18-13-31-21(25-18)12-30-19-9-7-17(24)8-10-19/h3-10,13-14H,11-12H2,1-2H3,(H,26,28,29). The molecule has 1 N–H and O–H groups in total. The Hall–Kier alpha value is -3.17. The van der Waals surface area contributed by atoms with Gasteiger partial charge in [-0.15, -0.1) is 21.5 Å². The number of halogens is 1. The van der Waals surface area contributed by atoms with Gasteiger partial charge in [0, 0.05) is 10.9 Å². The minimum atomic E-state index is -0.313. The van der Waals surface area contributed by atoms with Gasteiger partial charge in [0.2, 0.25) is 11.0 Å². The lowest BCUT2D eigenvalue weighted by atomic mass is 10.0. The average Bonchev–Trinajstić information content (AvgIpc) is 3.43. The molecule has 2 aromatic carbocycles. The molecular formula is C23H21FN4O2S2. The van der Waals surface area contributed by atoms with E-state index in [4.69, 9.17) is 4.74 Å². The number of carbonyl (C=O) groups excluding carboxylic acids is 1. The summed E-state index contributed by atoms with van der Waals surface area (Å²) in [6, 6.07) is 14.0. The van der Waals surface area contributed by atoms with Crippen LogP contribution in [-0.4, -0.2) is 21.1 Å². The number of ether oxygens (including phenoxy) is 1. The Bertz CT molecular complexity index is 1190. The van der Waals surface area contributed by atoms with Gasteiger partial charge in [-0.2, -0.15) is 0 Å². The lowest BCUT2D eigenvalue weighted by Crippen LogP contribution is -2.14.